The van der Waals surface area contributed by atoms with Crippen molar-refractivity contribution in [3.63, 3.8) is 0 Å². The molecule has 4 heterocycles. The van der Waals surface area contributed by atoms with E-state index in [1.807, 2.05) is 4.90 Å². The number of hydrogen-bond acceptors (Lipinski definition) is 5. The number of urea groups is 1. The Bertz CT molecular complexity index is 985. The number of carbonyl (C=O) groups excluding carboxylic acids is 2. The monoisotopic (exact) mass is 484 g/mol. The van der Waals surface area contributed by atoms with Gasteiger partial charge in [-0.25, -0.2) is 14.8 Å². The van der Waals surface area contributed by atoms with E-state index in [2.05, 4.69) is 31.2 Å². The fourth-order valence-corrected chi connectivity index (χ4v) is 3.72. The van der Waals surface area contributed by atoms with Crippen LogP contribution in [0.25, 0.3) is 0 Å². The fourth-order valence-electron chi connectivity index (χ4n) is 3.49. The number of aromatic nitrogens is 2. The minimum atomic E-state index is -4.53. The Morgan fingerprint density at radius 3 is 2.73 bits per heavy atom. The van der Waals surface area contributed by atoms with Gasteiger partial charge in [-0.3, -0.25) is 15.0 Å². The van der Waals surface area contributed by atoms with Crippen molar-refractivity contribution in [1.29, 1.82) is 0 Å². The predicted molar refractivity (Wildman–Crippen MR) is 107 cm³/mol. The average molecular weight is 485 g/mol. The Morgan fingerprint density at radius 1 is 1.23 bits per heavy atom. The van der Waals surface area contributed by atoms with E-state index in [0.717, 1.165) is 4.47 Å². The third kappa shape index (κ3) is 4.18. The van der Waals surface area contributed by atoms with E-state index in [1.165, 1.54) is 11.0 Å². The van der Waals surface area contributed by atoms with Crippen molar-refractivity contribution in [2.75, 3.05) is 34.8 Å². The molecule has 2 aromatic heterocycles. The summed E-state index contributed by atoms with van der Waals surface area (Å²) in [4.78, 5) is 37.0. The smallest absolute Gasteiger partial charge is 0.366 e. The summed E-state index contributed by atoms with van der Waals surface area (Å²) in [6.45, 7) is -0.145. The van der Waals surface area contributed by atoms with Gasteiger partial charge in [0.15, 0.2) is 5.82 Å². The molecule has 2 aliphatic rings. The van der Waals surface area contributed by atoms with E-state index in [9.17, 15) is 22.8 Å². The van der Waals surface area contributed by atoms with E-state index in [0.29, 0.717) is 31.0 Å². The minimum Gasteiger partial charge on any atom is -0.366 e. The molecular weight excluding hydrogens is 469 g/mol. The van der Waals surface area contributed by atoms with Gasteiger partial charge in [-0.2, -0.15) is 13.2 Å². The Balaban J connectivity index is 1.61. The lowest BCUT2D eigenvalue weighted by Gasteiger charge is -2.35. The molecular formula is C18H16BrF3N6O2. The number of hydrogen-bond donors (Lipinski definition) is 2. The highest BCUT2D eigenvalue weighted by Gasteiger charge is 2.40. The molecule has 30 heavy (non-hydrogen) atoms. The maximum atomic E-state index is 13.0. The zero-order valence-electron chi connectivity index (χ0n) is 15.4. The first-order valence-electron chi connectivity index (χ1n) is 9.04. The van der Waals surface area contributed by atoms with Crippen LogP contribution in [0.15, 0.2) is 34.9 Å². The summed E-state index contributed by atoms with van der Waals surface area (Å²) in [5.74, 6) is -0.389. The molecule has 1 atom stereocenters. The molecule has 2 bridgehead atoms. The average Bonchev–Trinajstić information content (AvgIpc) is 3.11. The molecule has 1 fully saturated rings. The Labute approximate surface area is 177 Å². The third-order valence-electron chi connectivity index (χ3n) is 4.82. The second kappa shape index (κ2) is 7.74. The van der Waals surface area contributed by atoms with Crippen molar-refractivity contribution in [2.45, 2.75) is 18.6 Å². The number of fused-ring (bicyclic) bond motifs is 4. The first-order valence-corrected chi connectivity index (χ1v) is 9.83. The van der Waals surface area contributed by atoms with Crippen molar-refractivity contribution in [3.8, 4) is 0 Å². The number of carbonyl (C=O) groups is 2. The lowest BCUT2D eigenvalue weighted by Crippen LogP contribution is -2.48. The Kier molecular flexibility index (Phi) is 5.26. The fraction of sp³-hybridized carbons (Fsp3) is 0.333. The molecule has 0 aromatic carbocycles. The number of alkyl halides is 3. The number of halogens is 4. The summed E-state index contributed by atoms with van der Waals surface area (Å²) in [6.07, 6.45) is -2.29. The van der Waals surface area contributed by atoms with Gasteiger partial charge < -0.3 is 10.2 Å². The third-order valence-corrected chi connectivity index (χ3v) is 5.28. The van der Waals surface area contributed by atoms with Crippen LogP contribution in [0.1, 0.15) is 16.9 Å². The van der Waals surface area contributed by atoms with Crippen LogP contribution in [-0.2, 0) is 0 Å². The van der Waals surface area contributed by atoms with Crippen LogP contribution in [-0.4, -0.2) is 53.8 Å². The van der Waals surface area contributed by atoms with E-state index >= 15 is 0 Å². The maximum absolute atomic E-state index is 13.0. The van der Waals surface area contributed by atoms with Gasteiger partial charge in [0.2, 0.25) is 0 Å². The summed E-state index contributed by atoms with van der Waals surface area (Å²) >= 11 is 3.27. The lowest BCUT2D eigenvalue weighted by molar-refractivity contribution is -0.123. The van der Waals surface area contributed by atoms with Gasteiger partial charge in [0.1, 0.15) is 18.1 Å². The predicted octanol–water partition coefficient (Wildman–Crippen LogP) is 3.16. The molecule has 12 heteroatoms. The largest absolute Gasteiger partial charge is 0.405 e. The molecule has 2 aliphatic heterocycles. The Hall–Kier alpha value is -2.89. The molecule has 158 valence electrons. The normalized spacial score (nSPS) is 17.5. The van der Waals surface area contributed by atoms with Gasteiger partial charge >= 0.3 is 12.2 Å². The van der Waals surface area contributed by atoms with Crippen molar-refractivity contribution < 1.29 is 22.8 Å². The van der Waals surface area contributed by atoms with Gasteiger partial charge in [0, 0.05) is 23.8 Å². The zero-order chi connectivity index (χ0) is 21.5. The van der Waals surface area contributed by atoms with Crippen LogP contribution in [0.5, 0.6) is 0 Å². The van der Waals surface area contributed by atoms with Gasteiger partial charge in [-0.15, -0.1) is 0 Å². The van der Waals surface area contributed by atoms with Crippen LogP contribution in [0.3, 0.4) is 0 Å². The van der Waals surface area contributed by atoms with Crippen LogP contribution in [0.4, 0.5) is 35.3 Å². The van der Waals surface area contributed by atoms with Crippen LogP contribution in [0.2, 0.25) is 0 Å². The number of amides is 3. The molecule has 0 spiro atoms. The van der Waals surface area contributed by atoms with E-state index in [-0.39, 0.29) is 17.6 Å². The summed E-state index contributed by atoms with van der Waals surface area (Å²) in [6, 6.07) is 5.67. The summed E-state index contributed by atoms with van der Waals surface area (Å²) in [5, 5.41) is 4.50. The number of anilines is 3. The van der Waals surface area contributed by atoms with Gasteiger partial charge in [0.25, 0.3) is 5.91 Å². The second-order valence-electron chi connectivity index (χ2n) is 6.89. The van der Waals surface area contributed by atoms with Gasteiger partial charge in [-0.05, 0) is 46.6 Å². The highest BCUT2D eigenvalue weighted by atomic mass is 79.9. The molecule has 1 saturated heterocycles. The first kappa shape index (κ1) is 20.4. The molecule has 0 radical (unpaired) electrons. The molecule has 1 unspecified atom stereocenters. The van der Waals surface area contributed by atoms with Gasteiger partial charge in [0.05, 0.1) is 11.7 Å². The Morgan fingerprint density at radius 2 is 2.03 bits per heavy atom. The summed E-state index contributed by atoms with van der Waals surface area (Å²) in [5.41, 5.74) is 0.454. The maximum Gasteiger partial charge on any atom is 0.405 e. The second-order valence-corrected chi connectivity index (χ2v) is 7.80. The van der Waals surface area contributed by atoms with E-state index in [4.69, 9.17) is 0 Å². The first-order chi connectivity index (χ1) is 14.2. The van der Waals surface area contributed by atoms with Crippen LogP contribution >= 0.6 is 15.9 Å². The quantitative estimate of drug-likeness (QED) is 0.698. The van der Waals surface area contributed by atoms with E-state index in [1.54, 1.807) is 29.7 Å². The highest BCUT2D eigenvalue weighted by Crippen LogP contribution is 2.39. The summed E-state index contributed by atoms with van der Waals surface area (Å²) in [7, 11) is 0. The van der Waals surface area contributed by atoms with E-state index < -0.39 is 24.7 Å². The zero-order valence-corrected chi connectivity index (χ0v) is 17.0. The molecule has 8 nitrogen and oxygen atoms in total. The number of nitrogens with one attached hydrogen (secondary N) is 2. The highest BCUT2D eigenvalue weighted by molar-refractivity contribution is 9.10. The standard InChI is InChI=1S/C18H16BrF3N6O2/c19-10-1-4-14(23-7-10)26-17(30)28-11-5-6-27(8-11)13-3-2-12(25-15(13)28)16(29)24-9-18(20,21)22/h1-4,7,11H,5-6,8-9H2,(H,24,29)(H,23,26,30). The molecule has 2 aromatic rings. The number of pyridine rings is 2. The molecule has 3 amide bonds. The molecule has 0 aliphatic carbocycles. The molecule has 2 N–H and O–H groups in total. The van der Waals surface area contributed by atoms with Crippen molar-refractivity contribution in [3.05, 3.63) is 40.6 Å². The van der Waals surface area contributed by atoms with Gasteiger partial charge in [-0.1, -0.05) is 0 Å². The lowest BCUT2D eigenvalue weighted by atomic mass is 10.1. The topological polar surface area (TPSA) is 90.5 Å². The molecule has 0 saturated carbocycles. The van der Waals surface area contributed by atoms with Crippen LogP contribution in [0, 0.1) is 0 Å². The van der Waals surface area contributed by atoms with Crippen molar-refractivity contribution in [1.82, 2.24) is 15.3 Å². The van der Waals surface area contributed by atoms with Crippen LogP contribution < -0.4 is 20.4 Å². The molecule has 4 rings (SSSR count). The minimum absolute atomic E-state index is 0.172. The summed E-state index contributed by atoms with van der Waals surface area (Å²) < 4.78 is 38.0. The number of rotatable bonds is 3. The van der Waals surface area contributed by atoms with Crippen molar-refractivity contribution in [2.24, 2.45) is 0 Å². The SMILES string of the molecule is O=C(NCC(F)(F)F)c1ccc2c(n1)N(C(=O)Nc1ccc(Br)cn1)C1CCN2C1. The van der Waals surface area contributed by atoms with Crippen molar-refractivity contribution >= 4 is 45.2 Å². The number of nitrogens with zero attached hydrogens (tertiary/aromatic N) is 4.